The maximum absolute atomic E-state index is 14.0. The summed E-state index contributed by atoms with van der Waals surface area (Å²) in [6.45, 7) is 2.19. The van der Waals surface area contributed by atoms with Crippen molar-refractivity contribution in [3.63, 3.8) is 0 Å². The standard InChI is InChI=1S/C18H20F2/c1-3-5-6-13-7-9-15(10-8-13)16-12-11-14(4-2)17(19)18(16)20/h2,9,11-13H,3,5-8,10H2,1H3. The molecule has 1 unspecified atom stereocenters. The number of terminal acetylenes is 1. The van der Waals surface area contributed by atoms with Crippen LogP contribution in [0.15, 0.2) is 18.2 Å². The van der Waals surface area contributed by atoms with E-state index in [-0.39, 0.29) is 5.56 Å². The molecule has 1 aliphatic rings. The predicted octanol–water partition coefficient (Wildman–Crippen LogP) is 5.32. The van der Waals surface area contributed by atoms with E-state index in [0.717, 1.165) is 24.8 Å². The molecule has 0 aromatic heterocycles. The molecule has 0 radical (unpaired) electrons. The predicted molar refractivity (Wildman–Crippen MR) is 79.1 cm³/mol. The van der Waals surface area contributed by atoms with Crippen molar-refractivity contribution in [1.29, 1.82) is 0 Å². The Bertz CT molecular complexity index is 549. The minimum Gasteiger partial charge on any atom is -0.203 e. The topological polar surface area (TPSA) is 0 Å². The van der Waals surface area contributed by atoms with Crippen molar-refractivity contribution in [2.24, 2.45) is 5.92 Å². The van der Waals surface area contributed by atoms with Crippen LogP contribution in [0.1, 0.15) is 56.6 Å². The first kappa shape index (κ1) is 14.8. The summed E-state index contributed by atoms with van der Waals surface area (Å²) in [5.41, 5.74) is 1.27. The molecule has 0 aliphatic heterocycles. The lowest BCUT2D eigenvalue weighted by molar-refractivity contribution is 0.432. The lowest BCUT2D eigenvalue weighted by Crippen LogP contribution is -2.07. The van der Waals surface area contributed by atoms with Gasteiger partial charge in [0.15, 0.2) is 11.6 Å². The molecule has 1 aliphatic carbocycles. The quantitative estimate of drug-likeness (QED) is 0.652. The van der Waals surface area contributed by atoms with Gasteiger partial charge in [-0.3, -0.25) is 0 Å². The van der Waals surface area contributed by atoms with Gasteiger partial charge in [-0.1, -0.05) is 44.2 Å². The van der Waals surface area contributed by atoms with Gasteiger partial charge in [-0.05, 0) is 36.8 Å². The second-order valence-electron chi connectivity index (χ2n) is 5.44. The van der Waals surface area contributed by atoms with Crippen LogP contribution >= 0.6 is 0 Å². The summed E-state index contributed by atoms with van der Waals surface area (Å²) in [6, 6.07) is 3.09. The Morgan fingerprint density at radius 1 is 1.30 bits per heavy atom. The van der Waals surface area contributed by atoms with Crippen molar-refractivity contribution in [3.05, 3.63) is 41.0 Å². The van der Waals surface area contributed by atoms with Crippen molar-refractivity contribution in [2.75, 3.05) is 0 Å². The highest BCUT2D eigenvalue weighted by atomic mass is 19.2. The van der Waals surface area contributed by atoms with Crippen molar-refractivity contribution in [2.45, 2.75) is 45.4 Å². The summed E-state index contributed by atoms with van der Waals surface area (Å²) >= 11 is 0. The van der Waals surface area contributed by atoms with Crippen molar-refractivity contribution in [3.8, 4) is 12.3 Å². The lowest BCUT2D eigenvalue weighted by Gasteiger charge is -2.22. The summed E-state index contributed by atoms with van der Waals surface area (Å²) in [7, 11) is 0. The fourth-order valence-corrected chi connectivity index (χ4v) is 2.80. The molecule has 2 heteroatoms. The molecule has 20 heavy (non-hydrogen) atoms. The average Bonchev–Trinajstić information content (AvgIpc) is 2.48. The number of benzene rings is 1. The highest BCUT2D eigenvalue weighted by Gasteiger charge is 2.19. The van der Waals surface area contributed by atoms with Gasteiger partial charge in [0.2, 0.25) is 0 Å². The SMILES string of the molecule is C#Cc1ccc(C2=CCC(CCCC)CC2)c(F)c1F. The van der Waals surface area contributed by atoms with Crippen LogP contribution in [0, 0.1) is 29.9 Å². The lowest BCUT2D eigenvalue weighted by atomic mass is 9.83. The van der Waals surface area contributed by atoms with Crippen LogP contribution in [0.3, 0.4) is 0 Å². The Labute approximate surface area is 119 Å². The van der Waals surface area contributed by atoms with Crippen LogP contribution in [0.4, 0.5) is 8.78 Å². The number of rotatable bonds is 4. The zero-order valence-corrected chi connectivity index (χ0v) is 11.9. The van der Waals surface area contributed by atoms with E-state index in [1.54, 1.807) is 6.07 Å². The number of hydrogen-bond donors (Lipinski definition) is 0. The van der Waals surface area contributed by atoms with Crippen molar-refractivity contribution >= 4 is 5.57 Å². The van der Waals surface area contributed by atoms with E-state index in [4.69, 9.17) is 6.42 Å². The van der Waals surface area contributed by atoms with Crippen LogP contribution in [0.5, 0.6) is 0 Å². The molecular formula is C18H20F2. The molecule has 0 spiro atoms. The van der Waals surface area contributed by atoms with Crippen molar-refractivity contribution < 1.29 is 8.78 Å². The van der Waals surface area contributed by atoms with Gasteiger partial charge >= 0.3 is 0 Å². The van der Waals surface area contributed by atoms with Crippen molar-refractivity contribution in [1.82, 2.24) is 0 Å². The molecule has 1 atom stereocenters. The summed E-state index contributed by atoms with van der Waals surface area (Å²) in [6.07, 6.45) is 13.7. The van der Waals surface area contributed by atoms with E-state index in [2.05, 4.69) is 18.9 Å². The number of unbranched alkanes of at least 4 members (excludes halogenated alkanes) is 1. The normalized spacial score (nSPS) is 18.5. The maximum Gasteiger partial charge on any atom is 0.175 e. The summed E-state index contributed by atoms with van der Waals surface area (Å²) in [5, 5.41) is 0. The first-order chi connectivity index (χ1) is 9.67. The molecule has 1 aromatic carbocycles. The molecule has 106 valence electrons. The second kappa shape index (κ2) is 6.70. The molecule has 0 amide bonds. The van der Waals surface area contributed by atoms with Gasteiger partial charge in [-0.2, -0.15) is 0 Å². The molecule has 1 aromatic rings. The van der Waals surface area contributed by atoms with E-state index in [1.807, 2.05) is 0 Å². The van der Waals surface area contributed by atoms with Gasteiger partial charge in [0.05, 0.1) is 5.56 Å². The fraction of sp³-hybridized carbons (Fsp3) is 0.444. The molecule has 2 rings (SSSR count). The fourth-order valence-electron chi connectivity index (χ4n) is 2.80. The Kier molecular flexibility index (Phi) is 4.95. The molecule has 0 saturated carbocycles. The monoisotopic (exact) mass is 274 g/mol. The summed E-state index contributed by atoms with van der Waals surface area (Å²) in [4.78, 5) is 0. The third-order valence-electron chi connectivity index (χ3n) is 4.07. The second-order valence-corrected chi connectivity index (χ2v) is 5.44. The van der Waals surface area contributed by atoms with Gasteiger partial charge in [-0.25, -0.2) is 8.78 Å². The van der Waals surface area contributed by atoms with Crippen LogP contribution in [0.25, 0.3) is 5.57 Å². The van der Waals surface area contributed by atoms with E-state index in [1.165, 1.54) is 25.3 Å². The molecule has 0 fully saturated rings. The Hall–Kier alpha value is -1.62. The average molecular weight is 274 g/mol. The molecule has 0 N–H and O–H groups in total. The van der Waals surface area contributed by atoms with Crippen LogP contribution < -0.4 is 0 Å². The zero-order chi connectivity index (χ0) is 14.5. The number of allylic oxidation sites excluding steroid dienone is 2. The largest absolute Gasteiger partial charge is 0.203 e. The van der Waals surface area contributed by atoms with Gasteiger partial charge in [0, 0.05) is 5.56 Å². The van der Waals surface area contributed by atoms with Gasteiger partial charge in [0.25, 0.3) is 0 Å². The van der Waals surface area contributed by atoms with E-state index in [0.29, 0.717) is 11.5 Å². The first-order valence-electron chi connectivity index (χ1n) is 7.31. The smallest absolute Gasteiger partial charge is 0.175 e. The molecule has 0 saturated heterocycles. The van der Waals surface area contributed by atoms with Crippen LogP contribution in [-0.2, 0) is 0 Å². The Morgan fingerprint density at radius 2 is 2.10 bits per heavy atom. The first-order valence-corrected chi connectivity index (χ1v) is 7.31. The van der Waals surface area contributed by atoms with Crippen LogP contribution in [0.2, 0.25) is 0 Å². The number of halogens is 2. The molecule has 0 heterocycles. The van der Waals surface area contributed by atoms with E-state index >= 15 is 0 Å². The zero-order valence-electron chi connectivity index (χ0n) is 11.9. The van der Waals surface area contributed by atoms with Gasteiger partial charge in [0.1, 0.15) is 0 Å². The minimum atomic E-state index is -0.904. The van der Waals surface area contributed by atoms with Gasteiger partial charge < -0.3 is 0 Å². The summed E-state index contributed by atoms with van der Waals surface area (Å²) < 4.78 is 27.7. The number of hydrogen-bond acceptors (Lipinski definition) is 0. The Morgan fingerprint density at radius 3 is 2.70 bits per heavy atom. The van der Waals surface area contributed by atoms with E-state index in [9.17, 15) is 8.78 Å². The van der Waals surface area contributed by atoms with E-state index < -0.39 is 11.6 Å². The molecule has 0 bridgehead atoms. The third-order valence-corrected chi connectivity index (χ3v) is 4.07. The maximum atomic E-state index is 14.0. The van der Waals surface area contributed by atoms with Gasteiger partial charge in [-0.15, -0.1) is 6.42 Å². The molecule has 0 nitrogen and oxygen atoms in total. The Balaban J connectivity index is 2.16. The summed E-state index contributed by atoms with van der Waals surface area (Å²) in [5.74, 6) is 1.14. The highest BCUT2D eigenvalue weighted by Crippen LogP contribution is 2.34. The molecular weight excluding hydrogens is 254 g/mol. The highest BCUT2D eigenvalue weighted by molar-refractivity contribution is 5.67. The third kappa shape index (κ3) is 3.10. The van der Waals surface area contributed by atoms with Crippen LogP contribution in [-0.4, -0.2) is 0 Å². The minimum absolute atomic E-state index is 0.0107.